The van der Waals surface area contributed by atoms with Crippen LogP contribution in [0, 0.1) is 6.92 Å². The Morgan fingerprint density at radius 1 is 1.22 bits per heavy atom. The zero-order valence-electron chi connectivity index (χ0n) is 9.58. The molecule has 1 N–H and O–H groups in total. The van der Waals surface area contributed by atoms with Crippen molar-refractivity contribution in [3.05, 3.63) is 57.8 Å². The summed E-state index contributed by atoms with van der Waals surface area (Å²) in [6.45, 7) is 1.85. The number of aromatic nitrogens is 1. The fourth-order valence-electron chi connectivity index (χ4n) is 1.47. The van der Waals surface area contributed by atoms with Crippen LogP contribution in [-0.4, -0.2) is 10.9 Å². The van der Waals surface area contributed by atoms with E-state index in [9.17, 15) is 4.79 Å². The molecule has 5 heteroatoms. The molecule has 92 valence electrons. The lowest BCUT2D eigenvalue weighted by Crippen LogP contribution is -2.13. The van der Waals surface area contributed by atoms with Crippen molar-refractivity contribution in [3.63, 3.8) is 0 Å². The Labute approximate surface area is 115 Å². The van der Waals surface area contributed by atoms with E-state index in [2.05, 4.69) is 10.3 Å². The molecule has 0 saturated heterocycles. The Kier molecular flexibility index (Phi) is 3.84. The van der Waals surface area contributed by atoms with Crippen molar-refractivity contribution < 1.29 is 4.79 Å². The van der Waals surface area contributed by atoms with Crippen LogP contribution in [-0.2, 0) is 0 Å². The molecule has 0 bridgehead atoms. The maximum atomic E-state index is 12.0. The minimum atomic E-state index is -0.223. The van der Waals surface area contributed by atoms with Crippen LogP contribution in [0.1, 0.15) is 15.9 Å². The summed E-state index contributed by atoms with van der Waals surface area (Å²) in [6, 6.07) is 6.71. The third kappa shape index (κ3) is 2.81. The van der Waals surface area contributed by atoms with Gasteiger partial charge in [0, 0.05) is 18.1 Å². The van der Waals surface area contributed by atoms with Gasteiger partial charge in [0.25, 0.3) is 5.91 Å². The average molecular weight is 281 g/mol. The van der Waals surface area contributed by atoms with Gasteiger partial charge in [0.05, 0.1) is 15.6 Å². The standard InChI is InChI=1S/C13H10Cl2N2O/c1-8-4-5-16-7-10(8)13(18)17-9-2-3-11(14)12(15)6-9/h2-7H,1H3,(H,17,18). The lowest BCUT2D eigenvalue weighted by molar-refractivity contribution is 0.102. The number of carbonyl (C=O) groups is 1. The summed E-state index contributed by atoms with van der Waals surface area (Å²) >= 11 is 11.7. The fraction of sp³-hybridized carbons (Fsp3) is 0.0769. The van der Waals surface area contributed by atoms with E-state index in [-0.39, 0.29) is 5.91 Å². The quantitative estimate of drug-likeness (QED) is 0.905. The number of pyridine rings is 1. The minimum Gasteiger partial charge on any atom is -0.322 e. The molecule has 1 amide bonds. The summed E-state index contributed by atoms with van der Waals surface area (Å²) < 4.78 is 0. The van der Waals surface area contributed by atoms with E-state index in [1.54, 1.807) is 30.5 Å². The number of nitrogens with zero attached hydrogens (tertiary/aromatic N) is 1. The van der Waals surface area contributed by atoms with Gasteiger partial charge >= 0.3 is 0 Å². The molecule has 3 nitrogen and oxygen atoms in total. The summed E-state index contributed by atoms with van der Waals surface area (Å²) in [5, 5.41) is 3.60. The third-order valence-electron chi connectivity index (χ3n) is 2.46. The molecule has 0 atom stereocenters. The lowest BCUT2D eigenvalue weighted by Gasteiger charge is -2.07. The second-order valence-corrected chi connectivity index (χ2v) is 4.59. The molecule has 0 aliphatic heterocycles. The normalized spacial score (nSPS) is 10.2. The first kappa shape index (κ1) is 12.9. The van der Waals surface area contributed by atoms with Gasteiger partial charge in [-0.25, -0.2) is 0 Å². The van der Waals surface area contributed by atoms with Gasteiger partial charge in [-0.3, -0.25) is 9.78 Å². The van der Waals surface area contributed by atoms with Crippen molar-refractivity contribution in [1.29, 1.82) is 0 Å². The lowest BCUT2D eigenvalue weighted by atomic mass is 10.1. The largest absolute Gasteiger partial charge is 0.322 e. The number of aryl methyl sites for hydroxylation is 1. The highest BCUT2D eigenvalue weighted by Crippen LogP contribution is 2.25. The summed E-state index contributed by atoms with van der Waals surface area (Å²) in [5.41, 5.74) is 1.99. The number of carbonyl (C=O) groups excluding carboxylic acids is 1. The predicted octanol–water partition coefficient (Wildman–Crippen LogP) is 3.95. The van der Waals surface area contributed by atoms with Crippen LogP contribution in [0.15, 0.2) is 36.7 Å². The fourth-order valence-corrected chi connectivity index (χ4v) is 1.77. The molecular weight excluding hydrogens is 271 g/mol. The van der Waals surface area contributed by atoms with Gasteiger partial charge in [-0.15, -0.1) is 0 Å². The molecule has 1 aromatic carbocycles. The van der Waals surface area contributed by atoms with Crippen molar-refractivity contribution >= 4 is 34.8 Å². The highest BCUT2D eigenvalue weighted by atomic mass is 35.5. The minimum absolute atomic E-state index is 0.223. The number of benzene rings is 1. The third-order valence-corrected chi connectivity index (χ3v) is 3.20. The Morgan fingerprint density at radius 3 is 2.67 bits per heavy atom. The molecule has 2 rings (SSSR count). The molecule has 1 aromatic heterocycles. The van der Waals surface area contributed by atoms with Crippen LogP contribution >= 0.6 is 23.2 Å². The van der Waals surface area contributed by atoms with Gasteiger partial charge in [0.15, 0.2) is 0 Å². The Balaban J connectivity index is 2.22. The number of amides is 1. The van der Waals surface area contributed by atoms with Crippen LogP contribution in [0.3, 0.4) is 0 Å². The molecule has 18 heavy (non-hydrogen) atoms. The zero-order valence-corrected chi connectivity index (χ0v) is 11.1. The van der Waals surface area contributed by atoms with Crippen LogP contribution in [0.5, 0.6) is 0 Å². The van der Waals surface area contributed by atoms with Crippen molar-refractivity contribution in [2.45, 2.75) is 6.92 Å². The summed E-state index contributed by atoms with van der Waals surface area (Å²) in [5.74, 6) is -0.223. The van der Waals surface area contributed by atoms with Gasteiger partial charge < -0.3 is 5.32 Å². The first-order chi connectivity index (χ1) is 8.58. The summed E-state index contributed by atoms with van der Waals surface area (Å²) in [7, 11) is 0. The van der Waals surface area contributed by atoms with Crippen LogP contribution < -0.4 is 5.32 Å². The topological polar surface area (TPSA) is 42.0 Å². The highest BCUT2D eigenvalue weighted by Gasteiger charge is 2.09. The van der Waals surface area contributed by atoms with E-state index < -0.39 is 0 Å². The summed E-state index contributed by atoms with van der Waals surface area (Å²) in [4.78, 5) is 15.9. The Hall–Kier alpha value is -1.58. The van der Waals surface area contributed by atoms with E-state index in [0.29, 0.717) is 21.3 Å². The number of halogens is 2. The molecule has 0 aliphatic carbocycles. The van der Waals surface area contributed by atoms with E-state index in [0.717, 1.165) is 5.56 Å². The number of rotatable bonds is 2. The van der Waals surface area contributed by atoms with Crippen LogP contribution in [0.2, 0.25) is 10.0 Å². The Morgan fingerprint density at radius 2 is 2.00 bits per heavy atom. The van der Waals surface area contributed by atoms with Crippen LogP contribution in [0.25, 0.3) is 0 Å². The number of anilines is 1. The zero-order chi connectivity index (χ0) is 13.1. The molecule has 0 radical (unpaired) electrons. The van der Waals surface area contributed by atoms with E-state index in [4.69, 9.17) is 23.2 Å². The molecule has 2 aromatic rings. The number of hydrogen-bond donors (Lipinski definition) is 1. The highest BCUT2D eigenvalue weighted by molar-refractivity contribution is 6.42. The van der Waals surface area contributed by atoms with E-state index in [1.165, 1.54) is 6.20 Å². The molecular formula is C13H10Cl2N2O. The van der Waals surface area contributed by atoms with Gasteiger partial charge in [-0.2, -0.15) is 0 Å². The van der Waals surface area contributed by atoms with Crippen molar-refractivity contribution in [2.75, 3.05) is 5.32 Å². The second kappa shape index (κ2) is 5.38. The van der Waals surface area contributed by atoms with E-state index >= 15 is 0 Å². The maximum absolute atomic E-state index is 12.0. The van der Waals surface area contributed by atoms with Gasteiger partial charge in [0.2, 0.25) is 0 Å². The smallest absolute Gasteiger partial charge is 0.257 e. The second-order valence-electron chi connectivity index (χ2n) is 3.77. The molecule has 0 spiro atoms. The first-order valence-electron chi connectivity index (χ1n) is 5.25. The molecule has 0 fully saturated rings. The van der Waals surface area contributed by atoms with Crippen molar-refractivity contribution in [1.82, 2.24) is 4.98 Å². The monoisotopic (exact) mass is 280 g/mol. The SMILES string of the molecule is Cc1ccncc1C(=O)Nc1ccc(Cl)c(Cl)c1. The average Bonchev–Trinajstić information content (AvgIpc) is 2.34. The maximum Gasteiger partial charge on any atom is 0.257 e. The Bertz CT molecular complexity index is 599. The molecule has 0 unspecified atom stereocenters. The van der Waals surface area contributed by atoms with Gasteiger partial charge in [0.1, 0.15) is 0 Å². The molecule has 0 aliphatic rings. The first-order valence-corrected chi connectivity index (χ1v) is 6.00. The number of nitrogens with one attached hydrogen (secondary N) is 1. The van der Waals surface area contributed by atoms with Crippen molar-refractivity contribution in [3.8, 4) is 0 Å². The van der Waals surface area contributed by atoms with Gasteiger partial charge in [-0.1, -0.05) is 23.2 Å². The van der Waals surface area contributed by atoms with Gasteiger partial charge in [-0.05, 0) is 36.8 Å². The molecule has 1 heterocycles. The van der Waals surface area contributed by atoms with E-state index in [1.807, 2.05) is 6.92 Å². The summed E-state index contributed by atoms with van der Waals surface area (Å²) in [6.07, 6.45) is 3.17. The van der Waals surface area contributed by atoms with Crippen LogP contribution in [0.4, 0.5) is 5.69 Å². The predicted molar refractivity (Wildman–Crippen MR) is 73.4 cm³/mol. The molecule has 0 saturated carbocycles. The number of hydrogen-bond acceptors (Lipinski definition) is 2. The van der Waals surface area contributed by atoms with Crippen molar-refractivity contribution in [2.24, 2.45) is 0 Å².